The number of hydrogen-bond acceptors (Lipinski definition) is 5. The molecule has 1 aromatic heterocycles. The van der Waals surface area contributed by atoms with E-state index in [1.165, 1.54) is 0 Å². The lowest BCUT2D eigenvalue weighted by Gasteiger charge is -2.39. The van der Waals surface area contributed by atoms with E-state index in [4.69, 9.17) is 11.1 Å². The standard InChI is InChI=1S/C13H22N6/c1-13(11(14)15)5-8-19(9-6-13)10-4-7-16-12(17-10)18(2)3/h4,7H,5-6,8-9H2,1-3H3,(H3,14,15). The van der Waals surface area contributed by atoms with Crippen molar-refractivity contribution in [3.8, 4) is 0 Å². The van der Waals surface area contributed by atoms with Crippen LogP contribution in [0.15, 0.2) is 12.3 Å². The van der Waals surface area contributed by atoms with E-state index in [9.17, 15) is 0 Å². The van der Waals surface area contributed by atoms with E-state index in [0.717, 1.165) is 37.7 Å². The van der Waals surface area contributed by atoms with Crippen LogP contribution in [0, 0.1) is 10.8 Å². The van der Waals surface area contributed by atoms with E-state index in [1.807, 2.05) is 25.1 Å². The third-order valence-corrected chi connectivity index (χ3v) is 3.87. The van der Waals surface area contributed by atoms with Crippen LogP contribution in [0.1, 0.15) is 19.8 Å². The highest BCUT2D eigenvalue weighted by Gasteiger charge is 2.33. The predicted octanol–water partition coefficient (Wildman–Crippen LogP) is 1.09. The third-order valence-electron chi connectivity index (χ3n) is 3.87. The van der Waals surface area contributed by atoms with Crippen molar-refractivity contribution in [2.75, 3.05) is 37.0 Å². The quantitative estimate of drug-likeness (QED) is 0.629. The van der Waals surface area contributed by atoms with Gasteiger partial charge in [-0.05, 0) is 18.9 Å². The van der Waals surface area contributed by atoms with E-state index in [0.29, 0.717) is 5.84 Å². The monoisotopic (exact) mass is 262 g/mol. The summed E-state index contributed by atoms with van der Waals surface area (Å²) in [5, 5.41) is 7.67. The molecule has 6 heteroatoms. The number of nitrogens with two attached hydrogens (primary N) is 1. The first-order valence-electron chi connectivity index (χ1n) is 6.52. The SMILES string of the molecule is CN(C)c1nccc(N2CCC(C)(C(=N)N)CC2)n1. The summed E-state index contributed by atoms with van der Waals surface area (Å²) < 4.78 is 0. The van der Waals surface area contributed by atoms with Crippen LogP contribution >= 0.6 is 0 Å². The molecule has 0 bridgehead atoms. The summed E-state index contributed by atoms with van der Waals surface area (Å²) in [5.74, 6) is 1.96. The minimum absolute atomic E-state index is 0.159. The lowest BCUT2D eigenvalue weighted by atomic mass is 9.79. The fraction of sp³-hybridized carbons (Fsp3) is 0.615. The lowest BCUT2D eigenvalue weighted by molar-refractivity contribution is 0.350. The highest BCUT2D eigenvalue weighted by Crippen LogP contribution is 2.32. The van der Waals surface area contributed by atoms with Crippen molar-refractivity contribution >= 4 is 17.6 Å². The van der Waals surface area contributed by atoms with Crippen LogP contribution in [0.4, 0.5) is 11.8 Å². The Labute approximate surface area is 114 Å². The number of piperidine rings is 1. The maximum Gasteiger partial charge on any atom is 0.226 e. The first-order valence-corrected chi connectivity index (χ1v) is 6.52. The zero-order valence-corrected chi connectivity index (χ0v) is 11.8. The molecule has 2 heterocycles. The number of rotatable bonds is 3. The molecule has 1 aromatic rings. The number of anilines is 2. The van der Waals surface area contributed by atoms with Crippen LogP contribution < -0.4 is 15.5 Å². The molecular weight excluding hydrogens is 240 g/mol. The maximum absolute atomic E-state index is 7.67. The predicted molar refractivity (Wildman–Crippen MR) is 77.8 cm³/mol. The van der Waals surface area contributed by atoms with Crippen molar-refractivity contribution in [2.24, 2.45) is 11.1 Å². The molecule has 1 aliphatic rings. The Balaban J connectivity index is 2.09. The van der Waals surface area contributed by atoms with Crippen molar-refractivity contribution in [1.29, 1.82) is 5.41 Å². The summed E-state index contributed by atoms with van der Waals surface area (Å²) in [4.78, 5) is 12.9. The van der Waals surface area contributed by atoms with Crippen molar-refractivity contribution in [3.63, 3.8) is 0 Å². The molecular formula is C13H22N6. The van der Waals surface area contributed by atoms with E-state index < -0.39 is 0 Å². The van der Waals surface area contributed by atoms with E-state index in [2.05, 4.69) is 21.8 Å². The summed E-state index contributed by atoms with van der Waals surface area (Å²) in [6, 6.07) is 1.93. The summed E-state index contributed by atoms with van der Waals surface area (Å²) in [6.45, 7) is 3.82. The van der Waals surface area contributed by atoms with Crippen LogP contribution in [0.25, 0.3) is 0 Å². The molecule has 0 saturated carbocycles. The average Bonchev–Trinajstić information content (AvgIpc) is 2.39. The molecule has 0 spiro atoms. The van der Waals surface area contributed by atoms with Gasteiger partial charge in [0.1, 0.15) is 5.82 Å². The van der Waals surface area contributed by atoms with Gasteiger partial charge in [0.05, 0.1) is 5.84 Å². The molecule has 0 unspecified atom stereocenters. The molecule has 1 saturated heterocycles. The van der Waals surface area contributed by atoms with Gasteiger partial charge in [-0.15, -0.1) is 0 Å². The molecule has 0 aromatic carbocycles. The van der Waals surface area contributed by atoms with Crippen molar-refractivity contribution in [1.82, 2.24) is 9.97 Å². The zero-order chi connectivity index (χ0) is 14.0. The first-order chi connectivity index (χ1) is 8.92. The fourth-order valence-corrected chi connectivity index (χ4v) is 2.23. The van der Waals surface area contributed by atoms with Crippen LogP contribution in [0.2, 0.25) is 0 Å². The Morgan fingerprint density at radius 3 is 2.58 bits per heavy atom. The Kier molecular flexibility index (Phi) is 3.59. The van der Waals surface area contributed by atoms with Crippen LogP contribution in [-0.4, -0.2) is 43.0 Å². The fourth-order valence-electron chi connectivity index (χ4n) is 2.23. The normalized spacial score (nSPS) is 18.2. The minimum atomic E-state index is -0.159. The van der Waals surface area contributed by atoms with Gasteiger partial charge in [0.15, 0.2) is 0 Å². The van der Waals surface area contributed by atoms with Gasteiger partial charge in [-0.25, -0.2) is 4.98 Å². The van der Waals surface area contributed by atoms with Crippen molar-refractivity contribution in [3.05, 3.63) is 12.3 Å². The summed E-state index contributed by atoms with van der Waals surface area (Å²) >= 11 is 0. The smallest absolute Gasteiger partial charge is 0.226 e. The Morgan fingerprint density at radius 2 is 2.05 bits per heavy atom. The summed E-state index contributed by atoms with van der Waals surface area (Å²) in [7, 11) is 3.87. The van der Waals surface area contributed by atoms with Gasteiger partial charge in [0, 0.05) is 38.8 Å². The van der Waals surface area contributed by atoms with E-state index in [1.54, 1.807) is 6.20 Å². The maximum atomic E-state index is 7.67. The van der Waals surface area contributed by atoms with Crippen molar-refractivity contribution < 1.29 is 0 Å². The lowest BCUT2D eigenvalue weighted by Crippen LogP contribution is -2.45. The third kappa shape index (κ3) is 2.77. The van der Waals surface area contributed by atoms with Gasteiger partial charge < -0.3 is 15.5 Å². The van der Waals surface area contributed by atoms with Gasteiger partial charge in [-0.1, -0.05) is 6.92 Å². The molecule has 3 N–H and O–H groups in total. The molecule has 2 rings (SSSR count). The minimum Gasteiger partial charge on any atom is -0.387 e. The highest BCUT2D eigenvalue weighted by atomic mass is 15.3. The number of nitrogens with one attached hydrogen (secondary N) is 1. The first kappa shape index (κ1) is 13.6. The molecule has 19 heavy (non-hydrogen) atoms. The Hall–Kier alpha value is -1.85. The van der Waals surface area contributed by atoms with Crippen LogP contribution in [0.5, 0.6) is 0 Å². The van der Waals surface area contributed by atoms with Crippen molar-refractivity contribution in [2.45, 2.75) is 19.8 Å². The van der Waals surface area contributed by atoms with Gasteiger partial charge in [-0.3, -0.25) is 5.41 Å². The number of nitrogens with zero attached hydrogens (tertiary/aromatic N) is 4. The largest absolute Gasteiger partial charge is 0.387 e. The number of aromatic nitrogens is 2. The number of hydrogen-bond donors (Lipinski definition) is 2. The van der Waals surface area contributed by atoms with Crippen LogP contribution in [-0.2, 0) is 0 Å². The number of amidine groups is 1. The van der Waals surface area contributed by atoms with Gasteiger partial charge in [0.25, 0.3) is 0 Å². The molecule has 104 valence electrons. The van der Waals surface area contributed by atoms with E-state index >= 15 is 0 Å². The highest BCUT2D eigenvalue weighted by molar-refractivity contribution is 5.83. The molecule has 1 fully saturated rings. The molecule has 0 aliphatic carbocycles. The molecule has 0 amide bonds. The van der Waals surface area contributed by atoms with Gasteiger partial charge >= 0.3 is 0 Å². The average molecular weight is 262 g/mol. The van der Waals surface area contributed by atoms with Gasteiger partial charge in [0.2, 0.25) is 5.95 Å². The topological polar surface area (TPSA) is 82.1 Å². The zero-order valence-electron chi connectivity index (χ0n) is 11.8. The second-order valence-electron chi connectivity index (χ2n) is 5.57. The molecule has 0 radical (unpaired) electrons. The Morgan fingerprint density at radius 1 is 1.42 bits per heavy atom. The molecule has 6 nitrogen and oxygen atoms in total. The summed E-state index contributed by atoms with van der Waals surface area (Å²) in [5.41, 5.74) is 5.52. The molecule has 1 aliphatic heterocycles. The van der Waals surface area contributed by atoms with Gasteiger partial charge in [-0.2, -0.15) is 4.98 Å². The van der Waals surface area contributed by atoms with E-state index in [-0.39, 0.29) is 5.41 Å². The molecule has 0 atom stereocenters. The summed E-state index contributed by atoms with van der Waals surface area (Å²) in [6.07, 6.45) is 3.57. The second-order valence-corrected chi connectivity index (χ2v) is 5.57. The van der Waals surface area contributed by atoms with Crippen LogP contribution in [0.3, 0.4) is 0 Å². The Bertz CT molecular complexity index is 462. The second kappa shape index (κ2) is 5.03.